The normalized spacial score (nSPS) is 12.2. The van der Waals surface area contributed by atoms with Gasteiger partial charge in [0.1, 0.15) is 5.71 Å². The summed E-state index contributed by atoms with van der Waals surface area (Å²) in [6.45, 7) is 0. The van der Waals surface area contributed by atoms with Crippen LogP contribution < -0.4 is 22.3 Å². The SMILES string of the molecule is NC(=S)N/N=C(\C=N\NC(N)=S)c1ccc(C(F)(F)F)cc1. The molecule has 118 valence electrons. The summed E-state index contributed by atoms with van der Waals surface area (Å²) >= 11 is 9.16. The van der Waals surface area contributed by atoms with E-state index in [1.165, 1.54) is 18.3 Å². The molecule has 1 aromatic carbocycles. The van der Waals surface area contributed by atoms with Crippen molar-refractivity contribution < 1.29 is 13.2 Å². The number of alkyl halides is 3. The van der Waals surface area contributed by atoms with Gasteiger partial charge in [-0.1, -0.05) is 12.1 Å². The number of hydrogen-bond acceptors (Lipinski definition) is 4. The molecule has 0 unspecified atom stereocenters. The Morgan fingerprint density at radius 2 is 1.59 bits per heavy atom. The van der Waals surface area contributed by atoms with Crippen molar-refractivity contribution in [3.8, 4) is 0 Å². The van der Waals surface area contributed by atoms with Crippen LogP contribution >= 0.6 is 24.4 Å². The van der Waals surface area contributed by atoms with Crippen molar-refractivity contribution in [3.63, 3.8) is 0 Å². The molecule has 6 N–H and O–H groups in total. The molecular formula is C11H11F3N6S2. The average molecular weight is 348 g/mol. The van der Waals surface area contributed by atoms with Crippen LogP contribution in [-0.2, 0) is 6.18 Å². The molecule has 0 spiro atoms. The fraction of sp³-hybridized carbons (Fsp3) is 0.0909. The molecule has 22 heavy (non-hydrogen) atoms. The second-order valence-electron chi connectivity index (χ2n) is 3.78. The van der Waals surface area contributed by atoms with E-state index < -0.39 is 11.7 Å². The standard InChI is InChI=1S/C11H11F3N6S2/c12-11(13,14)7-3-1-6(2-4-7)8(18-20-10(16)22)5-17-19-9(15)21/h1-5H,(H3,15,19,21)(H3,16,20,22)/b17-5+,18-8+. The summed E-state index contributed by atoms with van der Waals surface area (Å²) in [6, 6.07) is 4.30. The van der Waals surface area contributed by atoms with Crippen molar-refractivity contribution in [1.29, 1.82) is 0 Å². The van der Waals surface area contributed by atoms with E-state index >= 15 is 0 Å². The molecule has 0 aliphatic carbocycles. The number of nitrogens with zero attached hydrogens (tertiary/aromatic N) is 2. The number of nitrogens with one attached hydrogen (secondary N) is 2. The number of rotatable bonds is 4. The summed E-state index contributed by atoms with van der Waals surface area (Å²) in [6.07, 6.45) is -3.22. The minimum atomic E-state index is -4.42. The third-order valence-corrected chi connectivity index (χ3v) is 2.34. The van der Waals surface area contributed by atoms with Crippen LogP contribution in [0.25, 0.3) is 0 Å². The third kappa shape index (κ3) is 6.01. The molecule has 1 aromatic rings. The van der Waals surface area contributed by atoms with E-state index in [4.69, 9.17) is 11.5 Å². The second kappa shape index (κ2) is 7.66. The van der Waals surface area contributed by atoms with Gasteiger partial charge in [0, 0.05) is 5.56 Å². The molecule has 0 aliphatic rings. The smallest absolute Gasteiger partial charge is 0.375 e. The van der Waals surface area contributed by atoms with Gasteiger partial charge in [-0.25, -0.2) is 0 Å². The lowest BCUT2D eigenvalue weighted by Crippen LogP contribution is -2.27. The fourth-order valence-corrected chi connectivity index (χ4v) is 1.37. The van der Waals surface area contributed by atoms with Gasteiger partial charge in [-0.15, -0.1) is 0 Å². The summed E-state index contributed by atoms with van der Waals surface area (Å²) in [5.41, 5.74) is 14.8. The highest BCUT2D eigenvalue weighted by Gasteiger charge is 2.30. The molecular weight excluding hydrogens is 337 g/mol. The van der Waals surface area contributed by atoms with Gasteiger partial charge in [0.25, 0.3) is 0 Å². The minimum absolute atomic E-state index is 0.0784. The molecule has 0 radical (unpaired) electrons. The lowest BCUT2D eigenvalue weighted by molar-refractivity contribution is -0.137. The number of hydrogen-bond donors (Lipinski definition) is 4. The van der Waals surface area contributed by atoms with Crippen LogP contribution in [0.15, 0.2) is 34.5 Å². The minimum Gasteiger partial charge on any atom is -0.375 e. The zero-order chi connectivity index (χ0) is 16.8. The Morgan fingerprint density at radius 3 is 2.05 bits per heavy atom. The Hall–Kier alpha value is -2.27. The molecule has 0 fully saturated rings. The lowest BCUT2D eigenvalue weighted by atomic mass is 10.1. The van der Waals surface area contributed by atoms with Crippen LogP contribution in [0.4, 0.5) is 13.2 Å². The van der Waals surface area contributed by atoms with Crippen LogP contribution in [0, 0.1) is 0 Å². The van der Waals surface area contributed by atoms with Gasteiger partial charge in [0.2, 0.25) is 0 Å². The lowest BCUT2D eigenvalue weighted by Gasteiger charge is -2.08. The van der Waals surface area contributed by atoms with Crippen LogP contribution in [0.3, 0.4) is 0 Å². The van der Waals surface area contributed by atoms with Gasteiger partial charge in [0.15, 0.2) is 10.2 Å². The molecule has 0 heterocycles. The van der Waals surface area contributed by atoms with E-state index in [2.05, 4.69) is 45.5 Å². The monoisotopic (exact) mass is 348 g/mol. The topological polar surface area (TPSA) is 101 Å². The van der Waals surface area contributed by atoms with Crippen molar-refractivity contribution in [1.82, 2.24) is 10.9 Å². The van der Waals surface area contributed by atoms with E-state index in [-0.39, 0.29) is 15.9 Å². The predicted octanol–water partition coefficient (Wildman–Crippen LogP) is 1.06. The van der Waals surface area contributed by atoms with Gasteiger partial charge in [-0.3, -0.25) is 10.9 Å². The van der Waals surface area contributed by atoms with Crippen LogP contribution in [0.5, 0.6) is 0 Å². The van der Waals surface area contributed by atoms with Crippen molar-refractivity contribution in [2.75, 3.05) is 0 Å². The Labute approximate surface area is 134 Å². The summed E-state index contributed by atoms with van der Waals surface area (Å²) in [4.78, 5) is 0. The molecule has 0 amide bonds. The van der Waals surface area contributed by atoms with Crippen molar-refractivity contribution in [2.24, 2.45) is 21.7 Å². The summed E-state index contributed by atoms with van der Waals surface area (Å²) in [5, 5.41) is 7.32. The highest BCUT2D eigenvalue weighted by atomic mass is 32.1. The number of halogens is 3. The first-order chi connectivity index (χ1) is 10.2. The largest absolute Gasteiger partial charge is 0.416 e. The van der Waals surface area contributed by atoms with Crippen LogP contribution in [-0.4, -0.2) is 22.2 Å². The molecule has 0 atom stereocenters. The van der Waals surface area contributed by atoms with Crippen molar-refractivity contribution in [3.05, 3.63) is 35.4 Å². The van der Waals surface area contributed by atoms with E-state index in [0.29, 0.717) is 5.56 Å². The number of nitrogens with two attached hydrogens (primary N) is 2. The van der Waals surface area contributed by atoms with Crippen molar-refractivity contribution >= 4 is 46.6 Å². The number of benzene rings is 1. The summed E-state index contributed by atoms with van der Waals surface area (Å²) < 4.78 is 37.6. The van der Waals surface area contributed by atoms with Crippen LogP contribution in [0.1, 0.15) is 11.1 Å². The summed E-state index contributed by atoms with van der Waals surface area (Å²) in [7, 11) is 0. The first-order valence-electron chi connectivity index (χ1n) is 5.59. The molecule has 0 saturated heterocycles. The predicted molar refractivity (Wildman–Crippen MR) is 86.3 cm³/mol. The Balaban J connectivity index is 3.05. The molecule has 11 heteroatoms. The number of thiocarbonyl (C=S) groups is 2. The van der Waals surface area contributed by atoms with Gasteiger partial charge < -0.3 is 11.5 Å². The van der Waals surface area contributed by atoms with Gasteiger partial charge in [-0.05, 0) is 36.6 Å². The van der Waals surface area contributed by atoms with E-state index in [1.54, 1.807) is 0 Å². The zero-order valence-electron chi connectivity index (χ0n) is 10.9. The Morgan fingerprint density at radius 1 is 1.05 bits per heavy atom. The van der Waals surface area contributed by atoms with Crippen molar-refractivity contribution in [2.45, 2.75) is 6.18 Å². The number of hydrazone groups is 2. The molecule has 0 bridgehead atoms. The first-order valence-corrected chi connectivity index (χ1v) is 6.41. The van der Waals surface area contributed by atoms with E-state index in [9.17, 15) is 13.2 Å². The zero-order valence-corrected chi connectivity index (χ0v) is 12.5. The van der Waals surface area contributed by atoms with Crippen LogP contribution in [0.2, 0.25) is 0 Å². The average Bonchev–Trinajstić information content (AvgIpc) is 2.41. The van der Waals surface area contributed by atoms with Gasteiger partial charge >= 0.3 is 6.18 Å². The Kier molecular flexibility index (Phi) is 6.19. The maximum Gasteiger partial charge on any atom is 0.416 e. The highest BCUT2D eigenvalue weighted by Crippen LogP contribution is 2.29. The molecule has 0 aliphatic heterocycles. The molecule has 0 aromatic heterocycles. The second-order valence-corrected chi connectivity index (χ2v) is 4.66. The molecule has 1 rings (SSSR count). The summed E-state index contributed by atoms with van der Waals surface area (Å²) in [5.74, 6) is 0. The third-order valence-electron chi connectivity index (χ3n) is 2.16. The maximum absolute atomic E-state index is 12.5. The molecule has 6 nitrogen and oxygen atoms in total. The van der Waals surface area contributed by atoms with Gasteiger partial charge in [-0.2, -0.15) is 23.4 Å². The quantitative estimate of drug-likeness (QED) is 0.369. The maximum atomic E-state index is 12.5. The fourth-order valence-electron chi connectivity index (χ4n) is 1.27. The first kappa shape index (κ1) is 17.8. The highest BCUT2D eigenvalue weighted by molar-refractivity contribution is 7.80. The van der Waals surface area contributed by atoms with E-state index in [0.717, 1.165) is 12.1 Å². The van der Waals surface area contributed by atoms with Gasteiger partial charge in [0.05, 0.1) is 11.8 Å². The molecule has 0 saturated carbocycles. The Bertz CT molecular complexity index is 609. The van der Waals surface area contributed by atoms with E-state index in [1.807, 2.05) is 0 Å².